The fourth-order valence-corrected chi connectivity index (χ4v) is 2.25. The summed E-state index contributed by atoms with van der Waals surface area (Å²) < 4.78 is 5.86. The van der Waals surface area contributed by atoms with E-state index in [1.165, 1.54) is 24.8 Å². The van der Waals surface area contributed by atoms with Crippen LogP contribution in [0, 0.1) is 0 Å². The summed E-state index contributed by atoms with van der Waals surface area (Å²) in [5.41, 5.74) is 7.48. The fourth-order valence-electron chi connectivity index (χ4n) is 2.25. The second-order valence-electron chi connectivity index (χ2n) is 5.18. The van der Waals surface area contributed by atoms with Gasteiger partial charge in [0.05, 0.1) is 12.7 Å². The van der Waals surface area contributed by atoms with Crippen molar-refractivity contribution in [3.8, 4) is 0 Å². The highest BCUT2D eigenvalue weighted by Gasteiger charge is 2.51. The van der Waals surface area contributed by atoms with Gasteiger partial charge in [-0.1, -0.05) is 56.5 Å². The van der Waals surface area contributed by atoms with E-state index in [0.717, 1.165) is 12.8 Å². The zero-order chi connectivity index (χ0) is 12.1. The van der Waals surface area contributed by atoms with Crippen LogP contribution >= 0.6 is 0 Å². The molecule has 0 saturated heterocycles. The van der Waals surface area contributed by atoms with Crippen molar-refractivity contribution in [2.24, 2.45) is 5.73 Å². The molecule has 2 atom stereocenters. The van der Waals surface area contributed by atoms with Crippen LogP contribution in [0.2, 0.25) is 0 Å². The highest BCUT2D eigenvalue weighted by Crippen LogP contribution is 2.41. The van der Waals surface area contributed by atoms with E-state index < -0.39 is 0 Å². The normalized spacial score (nSPS) is 27.1. The summed E-state index contributed by atoms with van der Waals surface area (Å²) in [5, 5.41) is 0. The van der Waals surface area contributed by atoms with Crippen molar-refractivity contribution in [3.05, 3.63) is 35.9 Å². The lowest BCUT2D eigenvalue weighted by molar-refractivity contribution is 0.0888. The van der Waals surface area contributed by atoms with Crippen molar-refractivity contribution in [2.45, 2.75) is 57.3 Å². The molecule has 1 aliphatic carbocycles. The monoisotopic (exact) mass is 233 g/mol. The van der Waals surface area contributed by atoms with Gasteiger partial charge in [0.2, 0.25) is 0 Å². The molecule has 94 valence electrons. The number of unbranched alkanes of at least 4 members (excludes halogenated alkanes) is 2. The van der Waals surface area contributed by atoms with Gasteiger partial charge in [0, 0.05) is 5.54 Å². The van der Waals surface area contributed by atoms with Crippen LogP contribution < -0.4 is 5.73 Å². The fraction of sp³-hybridized carbons (Fsp3) is 0.600. The largest absolute Gasteiger partial charge is 0.372 e. The van der Waals surface area contributed by atoms with Gasteiger partial charge in [0.15, 0.2) is 0 Å². The van der Waals surface area contributed by atoms with E-state index in [2.05, 4.69) is 19.1 Å². The third-order valence-electron chi connectivity index (χ3n) is 3.59. The van der Waals surface area contributed by atoms with Crippen LogP contribution in [0.25, 0.3) is 0 Å². The lowest BCUT2D eigenvalue weighted by atomic mass is 10.1. The standard InChI is InChI=1S/C15H23NO/c1-2-3-7-10-15(16)11-14(15)17-12-13-8-5-4-6-9-13/h4-6,8-9,14H,2-3,7,10-12,16H2,1H3. The van der Waals surface area contributed by atoms with Gasteiger partial charge in [0.1, 0.15) is 0 Å². The second kappa shape index (κ2) is 5.65. The van der Waals surface area contributed by atoms with Crippen molar-refractivity contribution >= 4 is 0 Å². The minimum Gasteiger partial charge on any atom is -0.372 e. The molecule has 1 saturated carbocycles. The summed E-state index contributed by atoms with van der Waals surface area (Å²) in [6.07, 6.45) is 6.19. The summed E-state index contributed by atoms with van der Waals surface area (Å²) in [7, 11) is 0. The molecule has 0 radical (unpaired) electrons. The molecule has 2 nitrogen and oxygen atoms in total. The van der Waals surface area contributed by atoms with E-state index >= 15 is 0 Å². The van der Waals surface area contributed by atoms with Crippen molar-refractivity contribution in [2.75, 3.05) is 0 Å². The van der Waals surface area contributed by atoms with Crippen molar-refractivity contribution < 1.29 is 4.74 Å². The van der Waals surface area contributed by atoms with Crippen LogP contribution in [-0.2, 0) is 11.3 Å². The number of ether oxygens (including phenoxy) is 1. The van der Waals surface area contributed by atoms with Gasteiger partial charge in [0.25, 0.3) is 0 Å². The molecule has 0 aliphatic heterocycles. The summed E-state index contributed by atoms with van der Waals surface area (Å²) in [6.45, 7) is 2.91. The lowest BCUT2D eigenvalue weighted by Gasteiger charge is -2.11. The third-order valence-corrected chi connectivity index (χ3v) is 3.59. The first-order valence-corrected chi connectivity index (χ1v) is 6.69. The zero-order valence-corrected chi connectivity index (χ0v) is 10.7. The van der Waals surface area contributed by atoms with Gasteiger partial charge < -0.3 is 10.5 Å². The Bertz CT molecular complexity index is 338. The van der Waals surface area contributed by atoms with Crippen LogP contribution in [-0.4, -0.2) is 11.6 Å². The number of rotatable bonds is 7. The van der Waals surface area contributed by atoms with Gasteiger partial charge in [-0.2, -0.15) is 0 Å². The summed E-state index contributed by atoms with van der Waals surface area (Å²) in [4.78, 5) is 0. The van der Waals surface area contributed by atoms with Gasteiger partial charge in [-0.05, 0) is 18.4 Å². The summed E-state index contributed by atoms with van der Waals surface area (Å²) >= 11 is 0. The van der Waals surface area contributed by atoms with Gasteiger partial charge in [-0.3, -0.25) is 0 Å². The first-order valence-electron chi connectivity index (χ1n) is 6.69. The quantitative estimate of drug-likeness (QED) is 0.734. The Hall–Kier alpha value is -0.860. The van der Waals surface area contributed by atoms with Gasteiger partial charge in [-0.25, -0.2) is 0 Å². The van der Waals surface area contributed by atoms with Crippen LogP contribution in [0.1, 0.15) is 44.6 Å². The average Bonchev–Trinajstić information content (AvgIpc) is 3.00. The van der Waals surface area contributed by atoms with E-state index in [4.69, 9.17) is 10.5 Å². The molecule has 2 unspecified atom stereocenters. The maximum atomic E-state index is 6.27. The Morgan fingerprint density at radius 1 is 1.29 bits per heavy atom. The Balaban J connectivity index is 1.69. The Morgan fingerprint density at radius 3 is 2.76 bits per heavy atom. The summed E-state index contributed by atoms with van der Waals surface area (Å²) in [5.74, 6) is 0. The molecule has 1 fully saturated rings. The molecule has 2 heteroatoms. The van der Waals surface area contributed by atoms with E-state index in [1.807, 2.05) is 18.2 Å². The second-order valence-corrected chi connectivity index (χ2v) is 5.18. The molecule has 0 spiro atoms. The van der Waals surface area contributed by atoms with Gasteiger partial charge in [-0.15, -0.1) is 0 Å². The smallest absolute Gasteiger partial charge is 0.0778 e. The molecule has 0 bridgehead atoms. The molecule has 2 rings (SSSR count). The molecule has 1 aromatic carbocycles. The van der Waals surface area contributed by atoms with Gasteiger partial charge >= 0.3 is 0 Å². The van der Waals surface area contributed by atoms with E-state index in [0.29, 0.717) is 6.61 Å². The number of benzene rings is 1. The first kappa shape index (κ1) is 12.6. The molecule has 0 aromatic heterocycles. The van der Waals surface area contributed by atoms with Crippen molar-refractivity contribution in [1.82, 2.24) is 0 Å². The topological polar surface area (TPSA) is 35.2 Å². The van der Waals surface area contributed by atoms with Crippen LogP contribution in [0.5, 0.6) is 0 Å². The minimum absolute atomic E-state index is 0.0239. The van der Waals surface area contributed by atoms with E-state index in [9.17, 15) is 0 Å². The van der Waals surface area contributed by atoms with E-state index in [1.54, 1.807) is 0 Å². The maximum Gasteiger partial charge on any atom is 0.0778 e. The maximum absolute atomic E-state index is 6.27. The van der Waals surface area contributed by atoms with E-state index in [-0.39, 0.29) is 11.6 Å². The van der Waals surface area contributed by atoms with Crippen LogP contribution in [0.4, 0.5) is 0 Å². The Morgan fingerprint density at radius 2 is 2.06 bits per heavy atom. The van der Waals surface area contributed by atoms with Crippen molar-refractivity contribution in [1.29, 1.82) is 0 Å². The van der Waals surface area contributed by atoms with Crippen molar-refractivity contribution in [3.63, 3.8) is 0 Å². The number of nitrogens with two attached hydrogens (primary N) is 1. The SMILES string of the molecule is CCCCCC1(N)CC1OCc1ccccc1. The predicted molar refractivity (Wildman–Crippen MR) is 70.7 cm³/mol. The third kappa shape index (κ3) is 3.55. The number of hydrogen-bond donors (Lipinski definition) is 1. The highest BCUT2D eigenvalue weighted by atomic mass is 16.5. The minimum atomic E-state index is -0.0239. The molecule has 17 heavy (non-hydrogen) atoms. The molecule has 2 N–H and O–H groups in total. The Kier molecular flexibility index (Phi) is 4.19. The highest BCUT2D eigenvalue weighted by molar-refractivity contribution is 5.15. The predicted octanol–water partition coefficient (Wildman–Crippen LogP) is 3.25. The average molecular weight is 233 g/mol. The molecular weight excluding hydrogens is 210 g/mol. The molecule has 1 aliphatic rings. The van der Waals surface area contributed by atoms with Crippen LogP contribution in [0.15, 0.2) is 30.3 Å². The Labute approximate surface area is 104 Å². The molecule has 0 heterocycles. The zero-order valence-electron chi connectivity index (χ0n) is 10.7. The van der Waals surface area contributed by atoms with Crippen LogP contribution in [0.3, 0.4) is 0 Å². The molecular formula is C15H23NO. The first-order chi connectivity index (χ1) is 8.24. The molecule has 0 amide bonds. The number of hydrogen-bond acceptors (Lipinski definition) is 2. The lowest BCUT2D eigenvalue weighted by Crippen LogP contribution is -2.27. The summed E-state index contributed by atoms with van der Waals surface area (Å²) in [6, 6.07) is 10.3. The molecule has 1 aromatic rings.